The molecule has 0 amide bonds. The van der Waals surface area contributed by atoms with Crippen molar-refractivity contribution in [1.29, 1.82) is 0 Å². The molecule has 0 saturated heterocycles. The van der Waals surface area contributed by atoms with Gasteiger partial charge in [-0.2, -0.15) is 0 Å². The van der Waals surface area contributed by atoms with E-state index in [1.807, 2.05) is 19.0 Å². The molecule has 0 aliphatic rings. The van der Waals surface area contributed by atoms with Crippen LogP contribution in [0.3, 0.4) is 0 Å². The number of hydrogen-bond acceptors (Lipinski definition) is 1. The van der Waals surface area contributed by atoms with Gasteiger partial charge in [0.25, 0.3) is 0 Å². The molecule has 84 valence electrons. The van der Waals surface area contributed by atoms with Crippen LogP contribution in [0.25, 0.3) is 0 Å². The molecule has 0 aliphatic heterocycles. The van der Waals surface area contributed by atoms with E-state index in [1.165, 1.54) is 0 Å². The van der Waals surface area contributed by atoms with Gasteiger partial charge < -0.3 is 17.8 Å². The van der Waals surface area contributed by atoms with Gasteiger partial charge in [0.2, 0.25) is 0 Å². The Balaban J connectivity index is 0.00000225. The summed E-state index contributed by atoms with van der Waals surface area (Å²) in [7, 11) is 3.88. The van der Waals surface area contributed by atoms with Crippen LogP contribution in [-0.2, 0) is 6.42 Å². The molecule has 0 bridgehead atoms. The van der Waals surface area contributed by atoms with Gasteiger partial charge in [-0.05, 0) is 26.1 Å². The Morgan fingerprint density at radius 1 is 1.06 bits per heavy atom. The van der Waals surface area contributed by atoms with E-state index in [-0.39, 0.29) is 51.4 Å². The monoisotopic (exact) mass is 255 g/mol. The SMILES string of the molecule is CN(C)CCc1ccc([B-](F)(F)F)cc1.[K+]. The zero-order valence-electron chi connectivity index (χ0n) is 9.88. The second-order valence-electron chi connectivity index (χ2n) is 3.87. The second kappa shape index (κ2) is 7.18. The summed E-state index contributed by atoms with van der Waals surface area (Å²) in [6.45, 7) is -4.01. The zero-order valence-corrected chi connectivity index (χ0v) is 13.0. The number of likely N-dealkylation sites (N-methyl/N-ethyl adjacent to an activating group) is 1. The van der Waals surface area contributed by atoms with Gasteiger partial charge in [0.15, 0.2) is 0 Å². The van der Waals surface area contributed by atoms with E-state index in [0.29, 0.717) is 0 Å². The molecule has 1 rings (SSSR count). The number of halogens is 3. The summed E-state index contributed by atoms with van der Waals surface area (Å²) in [5.74, 6) is 0. The van der Waals surface area contributed by atoms with E-state index >= 15 is 0 Å². The summed E-state index contributed by atoms with van der Waals surface area (Å²) in [5, 5.41) is 0. The van der Waals surface area contributed by atoms with Gasteiger partial charge in [0.05, 0.1) is 0 Å². The smallest absolute Gasteiger partial charge is 0.445 e. The molecule has 0 aromatic heterocycles. The minimum absolute atomic E-state index is 0. The van der Waals surface area contributed by atoms with Crippen molar-refractivity contribution in [2.24, 2.45) is 0 Å². The summed E-state index contributed by atoms with van der Waals surface area (Å²) in [5.41, 5.74) is 0.413. The van der Waals surface area contributed by atoms with Crippen molar-refractivity contribution < 1.29 is 64.3 Å². The number of rotatable bonds is 4. The van der Waals surface area contributed by atoms with Crippen molar-refractivity contribution in [2.45, 2.75) is 6.42 Å². The number of nitrogens with zero attached hydrogens (tertiary/aromatic N) is 1. The third-order valence-electron chi connectivity index (χ3n) is 2.21. The Bertz CT molecular complexity index is 311. The first kappa shape index (κ1) is 16.7. The topological polar surface area (TPSA) is 3.24 Å². The molecular formula is C10H14BF3KN. The van der Waals surface area contributed by atoms with E-state index in [4.69, 9.17) is 0 Å². The average Bonchev–Trinajstić information content (AvgIpc) is 2.14. The fourth-order valence-corrected chi connectivity index (χ4v) is 1.26. The molecule has 0 saturated carbocycles. The minimum atomic E-state index is -4.85. The van der Waals surface area contributed by atoms with Crippen molar-refractivity contribution in [1.82, 2.24) is 4.90 Å². The third-order valence-corrected chi connectivity index (χ3v) is 2.21. The molecule has 1 nitrogen and oxygen atoms in total. The first-order chi connectivity index (χ1) is 6.89. The molecular weight excluding hydrogens is 241 g/mol. The maximum atomic E-state index is 12.3. The molecule has 0 unspecified atom stereocenters. The molecule has 1 aromatic carbocycles. The normalized spacial score (nSPS) is 11.4. The van der Waals surface area contributed by atoms with Crippen molar-refractivity contribution in [3.8, 4) is 0 Å². The van der Waals surface area contributed by atoms with Gasteiger partial charge in [0.1, 0.15) is 0 Å². The molecule has 0 spiro atoms. The van der Waals surface area contributed by atoms with Crippen LogP contribution in [-0.4, -0.2) is 32.5 Å². The summed E-state index contributed by atoms with van der Waals surface area (Å²) in [6.07, 6.45) is 0.776. The van der Waals surface area contributed by atoms with Gasteiger partial charge in [0, 0.05) is 6.54 Å². The third kappa shape index (κ3) is 5.84. The largest absolute Gasteiger partial charge is 1.00 e. The second-order valence-corrected chi connectivity index (χ2v) is 3.87. The molecule has 6 heteroatoms. The van der Waals surface area contributed by atoms with Crippen LogP contribution in [0.2, 0.25) is 0 Å². The summed E-state index contributed by atoms with van der Waals surface area (Å²) < 4.78 is 36.9. The summed E-state index contributed by atoms with van der Waals surface area (Å²) in [6, 6.07) is 5.41. The van der Waals surface area contributed by atoms with Crippen LogP contribution in [0.5, 0.6) is 0 Å². The van der Waals surface area contributed by atoms with Crippen LogP contribution >= 0.6 is 0 Å². The Labute approximate surface area is 137 Å². The Morgan fingerprint density at radius 2 is 1.56 bits per heavy atom. The molecule has 0 heterocycles. The van der Waals surface area contributed by atoms with E-state index in [9.17, 15) is 12.9 Å². The maximum absolute atomic E-state index is 12.3. The maximum Gasteiger partial charge on any atom is 1.00 e. The van der Waals surface area contributed by atoms with E-state index in [0.717, 1.165) is 30.7 Å². The average molecular weight is 255 g/mol. The summed E-state index contributed by atoms with van der Waals surface area (Å²) >= 11 is 0. The van der Waals surface area contributed by atoms with Crippen LogP contribution < -0.4 is 56.8 Å². The molecule has 0 radical (unpaired) electrons. The summed E-state index contributed by atoms with van der Waals surface area (Å²) in [4.78, 5) is 2.00. The van der Waals surface area contributed by atoms with Gasteiger partial charge >= 0.3 is 58.4 Å². The van der Waals surface area contributed by atoms with Crippen LogP contribution in [0.4, 0.5) is 12.9 Å². The molecule has 1 aromatic rings. The van der Waals surface area contributed by atoms with Crippen molar-refractivity contribution in [2.75, 3.05) is 20.6 Å². The van der Waals surface area contributed by atoms with Gasteiger partial charge in [-0.25, -0.2) is 0 Å². The Morgan fingerprint density at radius 3 is 1.94 bits per heavy atom. The predicted octanol–water partition coefficient (Wildman–Crippen LogP) is -1.15. The van der Waals surface area contributed by atoms with E-state index in [2.05, 4.69) is 0 Å². The quantitative estimate of drug-likeness (QED) is 0.614. The zero-order chi connectivity index (χ0) is 11.5. The van der Waals surface area contributed by atoms with Crippen LogP contribution in [0, 0.1) is 0 Å². The standard InChI is InChI=1S/C10H14BF3N.K/c1-15(2)8-7-9-3-5-10(6-4-9)11(12,13)14;/h3-6H,7-8H2,1-2H3;/q-1;+1. The Hall–Kier alpha value is 0.671. The first-order valence-corrected chi connectivity index (χ1v) is 4.83. The van der Waals surface area contributed by atoms with Crippen molar-refractivity contribution in [3.63, 3.8) is 0 Å². The van der Waals surface area contributed by atoms with E-state index in [1.54, 1.807) is 12.1 Å². The first-order valence-electron chi connectivity index (χ1n) is 4.83. The molecule has 0 atom stereocenters. The van der Waals surface area contributed by atoms with E-state index < -0.39 is 12.4 Å². The fourth-order valence-electron chi connectivity index (χ4n) is 1.26. The minimum Gasteiger partial charge on any atom is -0.445 e. The Kier molecular flexibility index (Phi) is 7.48. The molecule has 0 aliphatic carbocycles. The molecule has 0 N–H and O–H groups in total. The molecule has 16 heavy (non-hydrogen) atoms. The van der Waals surface area contributed by atoms with Gasteiger partial charge in [-0.15, -0.1) is 5.46 Å². The van der Waals surface area contributed by atoms with Crippen LogP contribution in [0.1, 0.15) is 5.56 Å². The van der Waals surface area contributed by atoms with Crippen molar-refractivity contribution in [3.05, 3.63) is 29.8 Å². The van der Waals surface area contributed by atoms with Gasteiger partial charge in [-0.3, -0.25) is 0 Å². The fraction of sp³-hybridized carbons (Fsp3) is 0.400. The number of hydrogen-bond donors (Lipinski definition) is 0. The van der Waals surface area contributed by atoms with Crippen LogP contribution in [0.15, 0.2) is 24.3 Å². The van der Waals surface area contributed by atoms with Crippen molar-refractivity contribution >= 4 is 12.4 Å². The predicted molar refractivity (Wildman–Crippen MR) is 57.4 cm³/mol. The number of benzene rings is 1. The van der Waals surface area contributed by atoms with Gasteiger partial charge in [-0.1, -0.05) is 24.3 Å². The molecule has 0 fully saturated rings.